The minimum absolute atomic E-state index is 0.0672. The van der Waals surface area contributed by atoms with Crippen LogP contribution in [0.25, 0.3) is 10.9 Å². The monoisotopic (exact) mass is 621 g/mol. The number of hydrogen-bond donors (Lipinski definition) is 0. The van der Waals surface area contributed by atoms with E-state index >= 15 is 0 Å². The molecule has 3 aromatic rings. The molecule has 11 nitrogen and oxygen atoms in total. The predicted octanol–water partition coefficient (Wildman–Crippen LogP) is 3.51. The highest BCUT2D eigenvalue weighted by Crippen LogP contribution is 2.36. The van der Waals surface area contributed by atoms with Crippen LogP contribution in [0.5, 0.6) is 5.75 Å². The number of fused-ring (bicyclic) bond motifs is 1. The Hall–Kier alpha value is -3.16. The van der Waals surface area contributed by atoms with E-state index < -0.39 is 4.92 Å². The van der Waals surface area contributed by atoms with Crippen LogP contribution in [0, 0.1) is 10.1 Å². The van der Waals surface area contributed by atoms with Crippen molar-refractivity contribution >= 4 is 60.6 Å². The molecule has 1 saturated heterocycles. The van der Waals surface area contributed by atoms with E-state index in [0.717, 1.165) is 4.47 Å². The number of rotatable bonds is 7. The Labute approximate surface area is 222 Å². The molecule has 2 heterocycles. The summed E-state index contributed by atoms with van der Waals surface area (Å²) in [5.41, 5.74) is 0.204. The van der Waals surface area contributed by atoms with Gasteiger partial charge in [-0.05, 0) is 40.2 Å². The second-order valence-electron chi connectivity index (χ2n) is 7.79. The van der Waals surface area contributed by atoms with Gasteiger partial charge in [-0.15, -0.1) is 0 Å². The first-order valence-corrected chi connectivity index (χ1v) is 12.6. The molecule has 4 rings (SSSR count). The Kier molecular flexibility index (Phi) is 8.11. The molecule has 0 N–H and O–H groups in total. The zero-order chi connectivity index (χ0) is 25.8. The van der Waals surface area contributed by atoms with Crippen molar-refractivity contribution in [3.05, 3.63) is 71.1 Å². The van der Waals surface area contributed by atoms with Crippen LogP contribution in [0.2, 0.25) is 0 Å². The molecule has 0 spiro atoms. The number of nitro benzene ring substituents is 1. The lowest BCUT2D eigenvalue weighted by Gasteiger charge is -2.26. The SMILES string of the molecule is CCc1nc2ccc(Br)cc2c(=O)n1N=Cc1cc(Br)c(OCC(=O)N2CCOCC2)c([N+](=O)[O-])c1. The molecule has 188 valence electrons. The van der Waals surface area contributed by atoms with Gasteiger partial charge < -0.3 is 14.4 Å². The van der Waals surface area contributed by atoms with Gasteiger partial charge in [-0.3, -0.25) is 19.7 Å². The zero-order valence-corrected chi connectivity index (χ0v) is 22.3. The number of benzene rings is 2. The first-order valence-electron chi connectivity index (χ1n) is 11.0. The fraction of sp³-hybridized carbons (Fsp3) is 0.304. The molecule has 1 amide bonds. The largest absolute Gasteiger partial charge is 0.476 e. The third kappa shape index (κ3) is 5.63. The van der Waals surface area contributed by atoms with Crippen molar-refractivity contribution in [3.63, 3.8) is 0 Å². The van der Waals surface area contributed by atoms with E-state index in [2.05, 4.69) is 41.9 Å². The lowest BCUT2D eigenvalue weighted by atomic mass is 10.2. The summed E-state index contributed by atoms with van der Waals surface area (Å²) >= 11 is 6.66. The average Bonchev–Trinajstić information content (AvgIpc) is 2.87. The second kappa shape index (κ2) is 11.3. The van der Waals surface area contributed by atoms with Gasteiger partial charge in [0.15, 0.2) is 6.61 Å². The topological polar surface area (TPSA) is 129 Å². The quantitative estimate of drug-likeness (QED) is 0.224. The van der Waals surface area contributed by atoms with Gasteiger partial charge >= 0.3 is 5.69 Å². The van der Waals surface area contributed by atoms with E-state index in [9.17, 15) is 19.7 Å². The molecule has 0 atom stereocenters. The van der Waals surface area contributed by atoms with E-state index in [1.807, 2.05) is 6.92 Å². The van der Waals surface area contributed by atoms with Crippen molar-refractivity contribution in [1.29, 1.82) is 0 Å². The number of nitrogens with zero attached hydrogens (tertiary/aromatic N) is 5. The van der Waals surface area contributed by atoms with Crippen LogP contribution in [0.4, 0.5) is 5.69 Å². The fourth-order valence-electron chi connectivity index (χ4n) is 3.66. The number of ether oxygens (including phenoxy) is 2. The second-order valence-corrected chi connectivity index (χ2v) is 9.56. The van der Waals surface area contributed by atoms with Gasteiger partial charge in [-0.2, -0.15) is 9.78 Å². The Morgan fingerprint density at radius 1 is 1.28 bits per heavy atom. The number of carbonyl (C=O) groups excluding carboxylic acids is 1. The Balaban J connectivity index is 1.63. The summed E-state index contributed by atoms with van der Waals surface area (Å²) < 4.78 is 13.0. The first-order chi connectivity index (χ1) is 17.3. The highest BCUT2D eigenvalue weighted by atomic mass is 79.9. The number of aryl methyl sites for hydroxylation is 1. The Morgan fingerprint density at radius 2 is 2.03 bits per heavy atom. The average molecular weight is 623 g/mol. The summed E-state index contributed by atoms with van der Waals surface area (Å²) in [5.74, 6) is 0.0932. The van der Waals surface area contributed by atoms with E-state index in [0.29, 0.717) is 55.0 Å². The summed E-state index contributed by atoms with van der Waals surface area (Å²) in [7, 11) is 0. The van der Waals surface area contributed by atoms with Crippen LogP contribution in [-0.4, -0.2) is 64.5 Å². The number of aromatic nitrogens is 2. The van der Waals surface area contributed by atoms with E-state index in [1.165, 1.54) is 17.0 Å². The van der Waals surface area contributed by atoms with Gasteiger partial charge in [0.2, 0.25) is 5.75 Å². The molecular weight excluding hydrogens is 602 g/mol. The van der Waals surface area contributed by atoms with Crippen LogP contribution in [0.1, 0.15) is 18.3 Å². The highest BCUT2D eigenvalue weighted by Gasteiger charge is 2.23. The summed E-state index contributed by atoms with van der Waals surface area (Å²) in [6.45, 7) is 3.28. The molecule has 0 saturated carbocycles. The molecule has 0 unspecified atom stereocenters. The molecule has 1 aliphatic heterocycles. The molecule has 36 heavy (non-hydrogen) atoms. The molecule has 0 aliphatic carbocycles. The minimum Gasteiger partial charge on any atom is -0.476 e. The van der Waals surface area contributed by atoms with Crippen LogP contribution < -0.4 is 10.3 Å². The normalized spacial score (nSPS) is 13.9. The Bertz CT molecular complexity index is 1420. The van der Waals surface area contributed by atoms with Crippen molar-refractivity contribution in [2.24, 2.45) is 5.10 Å². The number of morpholine rings is 1. The van der Waals surface area contributed by atoms with Gasteiger partial charge in [0.25, 0.3) is 11.5 Å². The van der Waals surface area contributed by atoms with Crippen LogP contribution in [0.3, 0.4) is 0 Å². The predicted molar refractivity (Wildman–Crippen MR) is 140 cm³/mol. The number of amides is 1. The lowest BCUT2D eigenvalue weighted by Crippen LogP contribution is -2.43. The zero-order valence-electron chi connectivity index (χ0n) is 19.1. The molecule has 0 radical (unpaired) electrons. The molecule has 13 heteroatoms. The van der Waals surface area contributed by atoms with Crippen molar-refractivity contribution < 1.29 is 19.2 Å². The molecule has 2 aromatic carbocycles. The summed E-state index contributed by atoms with van der Waals surface area (Å²) in [5, 5.41) is 16.4. The maximum atomic E-state index is 13.1. The summed E-state index contributed by atoms with van der Waals surface area (Å²) in [6, 6.07) is 8.05. The number of hydrogen-bond acceptors (Lipinski definition) is 8. The van der Waals surface area contributed by atoms with Crippen LogP contribution >= 0.6 is 31.9 Å². The minimum atomic E-state index is -0.602. The number of carbonyl (C=O) groups is 1. The fourth-order valence-corrected chi connectivity index (χ4v) is 4.60. The standard InChI is InChI=1S/C23H21Br2N5O6/c1-2-20-27-18-4-3-15(24)11-16(18)23(32)29(20)26-12-14-9-17(25)22(19(10-14)30(33)34)36-13-21(31)28-5-7-35-8-6-28/h3-4,9-12H,2,5-8,13H2,1H3. The molecule has 0 bridgehead atoms. The van der Waals surface area contributed by atoms with Gasteiger partial charge in [-0.1, -0.05) is 22.9 Å². The maximum Gasteiger partial charge on any atom is 0.312 e. The number of nitro groups is 1. The number of halogens is 2. The van der Waals surface area contributed by atoms with Gasteiger partial charge in [0, 0.05) is 35.6 Å². The van der Waals surface area contributed by atoms with Crippen molar-refractivity contribution in [2.75, 3.05) is 32.9 Å². The third-order valence-corrected chi connectivity index (χ3v) is 6.54. The van der Waals surface area contributed by atoms with Crippen LogP contribution in [0.15, 0.2) is 49.2 Å². The van der Waals surface area contributed by atoms with E-state index in [-0.39, 0.29) is 34.0 Å². The van der Waals surface area contributed by atoms with E-state index in [4.69, 9.17) is 9.47 Å². The van der Waals surface area contributed by atoms with Gasteiger partial charge in [0.1, 0.15) is 5.82 Å². The van der Waals surface area contributed by atoms with Crippen LogP contribution in [-0.2, 0) is 16.0 Å². The van der Waals surface area contributed by atoms with Gasteiger partial charge in [0.05, 0.1) is 39.7 Å². The lowest BCUT2D eigenvalue weighted by molar-refractivity contribution is -0.385. The molecular formula is C23H21Br2N5O6. The van der Waals surface area contributed by atoms with Crippen molar-refractivity contribution in [1.82, 2.24) is 14.6 Å². The molecule has 1 fully saturated rings. The highest BCUT2D eigenvalue weighted by molar-refractivity contribution is 9.10. The summed E-state index contributed by atoms with van der Waals surface area (Å²) in [6.07, 6.45) is 1.79. The van der Waals surface area contributed by atoms with Crippen molar-refractivity contribution in [2.45, 2.75) is 13.3 Å². The Morgan fingerprint density at radius 3 is 2.72 bits per heavy atom. The van der Waals surface area contributed by atoms with E-state index in [1.54, 1.807) is 29.2 Å². The maximum absolute atomic E-state index is 13.1. The summed E-state index contributed by atoms with van der Waals surface area (Å²) in [4.78, 5) is 42.7. The molecule has 1 aromatic heterocycles. The van der Waals surface area contributed by atoms with Crippen molar-refractivity contribution in [3.8, 4) is 5.75 Å². The smallest absolute Gasteiger partial charge is 0.312 e. The third-order valence-electron chi connectivity index (χ3n) is 5.46. The molecule has 1 aliphatic rings. The van der Waals surface area contributed by atoms with Gasteiger partial charge in [-0.25, -0.2) is 4.98 Å². The first kappa shape index (κ1) is 25.9.